The van der Waals surface area contributed by atoms with Crippen LogP contribution in [0.2, 0.25) is 0 Å². The summed E-state index contributed by atoms with van der Waals surface area (Å²) in [7, 11) is 3.24. The smallest absolute Gasteiger partial charge is 0.183 e. The van der Waals surface area contributed by atoms with E-state index in [-0.39, 0.29) is 5.78 Å². The van der Waals surface area contributed by atoms with Gasteiger partial charge in [0.2, 0.25) is 0 Å². The Morgan fingerprint density at radius 2 is 1.81 bits per heavy atom. The van der Waals surface area contributed by atoms with Crippen molar-refractivity contribution in [3.8, 4) is 17.2 Å². The van der Waals surface area contributed by atoms with Crippen molar-refractivity contribution in [2.45, 2.75) is 13.5 Å². The van der Waals surface area contributed by atoms with Gasteiger partial charge in [-0.2, -0.15) is 4.68 Å². The Hall–Kier alpha value is -3.35. The van der Waals surface area contributed by atoms with Crippen molar-refractivity contribution >= 4 is 11.6 Å². The molecule has 1 aromatic heterocycles. The summed E-state index contributed by atoms with van der Waals surface area (Å²) >= 11 is 0. The molecule has 0 aliphatic rings. The number of methoxy groups -OCH3 is 2. The normalized spacial score (nSPS) is 10.4. The highest BCUT2D eigenvalue weighted by atomic mass is 16.5. The van der Waals surface area contributed by atoms with Gasteiger partial charge >= 0.3 is 0 Å². The number of nitrogens with one attached hydrogen (secondary N) is 1. The predicted molar refractivity (Wildman–Crippen MR) is 98.2 cm³/mol. The van der Waals surface area contributed by atoms with Gasteiger partial charge in [0.15, 0.2) is 17.3 Å². The third-order valence-corrected chi connectivity index (χ3v) is 3.91. The molecule has 0 aliphatic carbocycles. The SMILES string of the molecule is COc1ccc(-n2nnc(C(C)=O)c2NCc2cccc(OC)c2)cc1. The van der Waals surface area contributed by atoms with Crippen molar-refractivity contribution in [3.05, 3.63) is 59.8 Å². The lowest BCUT2D eigenvalue weighted by Crippen LogP contribution is -2.09. The van der Waals surface area contributed by atoms with Gasteiger partial charge < -0.3 is 14.8 Å². The molecule has 0 amide bonds. The number of Topliss-reactive ketones (excluding diaryl/α,β-unsaturated/α-hetero) is 1. The Kier molecular flexibility index (Phi) is 5.17. The maximum Gasteiger partial charge on any atom is 0.183 e. The van der Waals surface area contributed by atoms with Crippen LogP contribution in [0.25, 0.3) is 5.69 Å². The monoisotopic (exact) mass is 352 g/mol. The number of ketones is 1. The Morgan fingerprint density at radius 3 is 2.46 bits per heavy atom. The Bertz CT molecular complexity index is 903. The van der Waals surface area contributed by atoms with E-state index >= 15 is 0 Å². The van der Waals surface area contributed by atoms with Crippen LogP contribution >= 0.6 is 0 Å². The fourth-order valence-electron chi connectivity index (χ4n) is 2.55. The molecular weight excluding hydrogens is 332 g/mol. The van der Waals surface area contributed by atoms with E-state index in [1.54, 1.807) is 18.9 Å². The van der Waals surface area contributed by atoms with Crippen LogP contribution in [0.4, 0.5) is 5.82 Å². The van der Waals surface area contributed by atoms with Gasteiger partial charge in [-0.1, -0.05) is 17.3 Å². The number of anilines is 1. The molecule has 0 spiro atoms. The number of benzene rings is 2. The first-order valence-corrected chi connectivity index (χ1v) is 8.10. The first kappa shape index (κ1) is 17.5. The minimum Gasteiger partial charge on any atom is -0.497 e. The second-order valence-electron chi connectivity index (χ2n) is 5.66. The van der Waals surface area contributed by atoms with Gasteiger partial charge in [-0.15, -0.1) is 5.10 Å². The molecule has 0 saturated carbocycles. The molecule has 0 atom stereocenters. The fourth-order valence-corrected chi connectivity index (χ4v) is 2.55. The van der Waals surface area contributed by atoms with Crippen molar-refractivity contribution in [3.63, 3.8) is 0 Å². The zero-order chi connectivity index (χ0) is 18.5. The number of carbonyl (C=O) groups excluding carboxylic acids is 1. The third-order valence-electron chi connectivity index (χ3n) is 3.91. The molecule has 26 heavy (non-hydrogen) atoms. The average Bonchev–Trinajstić information content (AvgIpc) is 3.10. The molecule has 0 fully saturated rings. The molecular formula is C19H20N4O3. The fraction of sp³-hybridized carbons (Fsp3) is 0.211. The molecule has 0 bridgehead atoms. The number of carbonyl (C=O) groups is 1. The van der Waals surface area contributed by atoms with E-state index in [2.05, 4.69) is 15.6 Å². The largest absolute Gasteiger partial charge is 0.497 e. The van der Waals surface area contributed by atoms with Crippen LogP contribution < -0.4 is 14.8 Å². The van der Waals surface area contributed by atoms with Crippen molar-refractivity contribution in [2.24, 2.45) is 0 Å². The summed E-state index contributed by atoms with van der Waals surface area (Å²) in [5, 5.41) is 11.4. The van der Waals surface area contributed by atoms with E-state index in [9.17, 15) is 4.79 Å². The molecule has 1 N–H and O–H groups in total. The summed E-state index contributed by atoms with van der Waals surface area (Å²) in [5.74, 6) is 1.91. The molecule has 7 nitrogen and oxygen atoms in total. The molecule has 3 rings (SSSR count). The van der Waals surface area contributed by atoms with Crippen molar-refractivity contribution in [2.75, 3.05) is 19.5 Å². The van der Waals surface area contributed by atoms with Crippen molar-refractivity contribution in [1.29, 1.82) is 0 Å². The number of hydrogen-bond donors (Lipinski definition) is 1. The van der Waals surface area contributed by atoms with E-state index in [1.807, 2.05) is 48.5 Å². The van der Waals surface area contributed by atoms with Gasteiger partial charge in [0.05, 0.1) is 19.9 Å². The number of hydrogen-bond acceptors (Lipinski definition) is 6. The maximum absolute atomic E-state index is 11.9. The lowest BCUT2D eigenvalue weighted by atomic mass is 10.2. The lowest BCUT2D eigenvalue weighted by Gasteiger charge is -2.11. The van der Waals surface area contributed by atoms with Crippen LogP contribution in [0.3, 0.4) is 0 Å². The van der Waals surface area contributed by atoms with Crippen LogP contribution in [-0.2, 0) is 6.54 Å². The molecule has 0 saturated heterocycles. The standard InChI is InChI=1S/C19H20N4O3/c1-13(24)18-19(20-12-14-5-4-6-17(11-14)26-3)23(22-21-18)15-7-9-16(25-2)10-8-15/h4-11,20H,12H2,1-3H3. The topological polar surface area (TPSA) is 78.3 Å². The Labute approximate surface area is 151 Å². The third kappa shape index (κ3) is 3.66. The van der Waals surface area contributed by atoms with Crippen LogP contribution in [0.5, 0.6) is 11.5 Å². The number of rotatable bonds is 7. The van der Waals surface area contributed by atoms with Gasteiger partial charge in [0.1, 0.15) is 11.5 Å². The minimum absolute atomic E-state index is 0.155. The summed E-state index contributed by atoms with van der Waals surface area (Å²) < 4.78 is 12.0. The Morgan fingerprint density at radius 1 is 1.08 bits per heavy atom. The van der Waals surface area contributed by atoms with Gasteiger partial charge in [-0.3, -0.25) is 4.79 Å². The molecule has 3 aromatic rings. The molecule has 0 radical (unpaired) electrons. The summed E-state index contributed by atoms with van der Waals surface area (Å²) in [6.45, 7) is 1.97. The van der Waals surface area contributed by atoms with Gasteiger partial charge in [0, 0.05) is 13.5 Å². The molecule has 0 unspecified atom stereocenters. The van der Waals surface area contributed by atoms with E-state index in [0.717, 1.165) is 22.7 Å². The number of ether oxygens (including phenoxy) is 2. The second-order valence-corrected chi connectivity index (χ2v) is 5.66. The second kappa shape index (κ2) is 7.69. The highest BCUT2D eigenvalue weighted by molar-refractivity contribution is 5.96. The van der Waals surface area contributed by atoms with Crippen LogP contribution in [0.1, 0.15) is 23.0 Å². The van der Waals surface area contributed by atoms with Crippen LogP contribution in [0.15, 0.2) is 48.5 Å². The zero-order valence-electron chi connectivity index (χ0n) is 14.9. The van der Waals surface area contributed by atoms with Crippen molar-refractivity contribution in [1.82, 2.24) is 15.0 Å². The Balaban J connectivity index is 1.90. The van der Waals surface area contributed by atoms with Crippen LogP contribution in [-0.4, -0.2) is 35.0 Å². The van der Waals surface area contributed by atoms with E-state index < -0.39 is 0 Å². The quantitative estimate of drug-likeness (QED) is 0.658. The summed E-state index contributed by atoms with van der Waals surface area (Å²) in [6, 6.07) is 15.1. The molecule has 7 heteroatoms. The minimum atomic E-state index is -0.155. The van der Waals surface area contributed by atoms with E-state index in [1.165, 1.54) is 6.92 Å². The zero-order valence-corrected chi connectivity index (χ0v) is 14.9. The van der Waals surface area contributed by atoms with Gasteiger partial charge in [0.25, 0.3) is 0 Å². The molecule has 0 aliphatic heterocycles. The van der Waals surface area contributed by atoms with Crippen LogP contribution in [0, 0.1) is 0 Å². The molecule has 2 aromatic carbocycles. The predicted octanol–water partition coefficient (Wildman–Crippen LogP) is 3.10. The highest BCUT2D eigenvalue weighted by Gasteiger charge is 2.17. The highest BCUT2D eigenvalue weighted by Crippen LogP contribution is 2.22. The molecule has 134 valence electrons. The van der Waals surface area contributed by atoms with Crippen molar-refractivity contribution < 1.29 is 14.3 Å². The maximum atomic E-state index is 11.9. The summed E-state index contributed by atoms with van der Waals surface area (Å²) in [5.41, 5.74) is 2.09. The average molecular weight is 352 g/mol. The van der Waals surface area contributed by atoms with E-state index in [0.29, 0.717) is 18.1 Å². The van der Waals surface area contributed by atoms with Gasteiger partial charge in [-0.25, -0.2) is 0 Å². The van der Waals surface area contributed by atoms with E-state index in [4.69, 9.17) is 9.47 Å². The van der Waals surface area contributed by atoms with Gasteiger partial charge in [-0.05, 0) is 42.0 Å². The first-order valence-electron chi connectivity index (χ1n) is 8.10. The number of nitrogens with zero attached hydrogens (tertiary/aromatic N) is 3. The summed E-state index contributed by atoms with van der Waals surface area (Å²) in [4.78, 5) is 11.9. The summed E-state index contributed by atoms with van der Waals surface area (Å²) in [6.07, 6.45) is 0. The lowest BCUT2D eigenvalue weighted by molar-refractivity contribution is 0.101. The number of aromatic nitrogens is 3. The molecule has 1 heterocycles. The first-order chi connectivity index (χ1) is 12.6.